The molecule has 0 aliphatic heterocycles. The maximum atomic E-state index is 12.2. The first-order valence-electron chi connectivity index (χ1n) is 5.34. The summed E-state index contributed by atoms with van der Waals surface area (Å²) >= 11 is 0. The summed E-state index contributed by atoms with van der Waals surface area (Å²) in [5.74, 6) is -1.37. The van der Waals surface area contributed by atoms with Gasteiger partial charge in [-0.2, -0.15) is 14.0 Å². The second kappa shape index (κ2) is 6.54. The Morgan fingerprint density at radius 2 is 2.21 bits per heavy atom. The van der Waals surface area contributed by atoms with E-state index in [0.29, 0.717) is 0 Å². The number of esters is 1. The molecular formula is C12H11F2NO4. The lowest BCUT2D eigenvalue weighted by Crippen LogP contribution is -2.09. The van der Waals surface area contributed by atoms with Gasteiger partial charge in [-0.05, 0) is 13.0 Å². The summed E-state index contributed by atoms with van der Waals surface area (Å²) < 4.78 is 33.2. The van der Waals surface area contributed by atoms with Gasteiger partial charge in [0, 0.05) is 11.6 Å². The summed E-state index contributed by atoms with van der Waals surface area (Å²) in [6, 6.07) is 3.60. The molecule has 0 radical (unpaired) electrons. The monoisotopic (exact) mass is 271 g/mol. The predicted octanol–water partition coefficient (Wildman–Crippen LogP) is 1.97. The van der Waals surface area contributed by atoms with Crippen molar-refractivity contribution in [1.82, 2.24) is 0 Å². The summed E-state index contributed by atoms with van der Waals surface area (Å²) in [7, 11) is 0. The van der Waals surface area contributed by atoms with Gasteiger partial charge in [0.2, 0.25) is 0 Å². The van der Waals surface area contributed by atoms with Gasteiger partial charge in [0.25, 0.3) is 0 Å². The lowest BCUT2D eigenvalue weighted by molar-refractivity contribution is -0.142. The highest BCUT2D eigenvalue weighted by Gasteiger charge is 2.16. The molecule has 7 heteroatoms. The van der Waals surface area contributed by atoms with Crippen molar-refractivity contribution in [2.24, 2.45) is 0 Å². The van der Waals surface area contributed by atoms with Crippen LogP contribution in [0.1, 0.15) is 18.1 Å². The molecule has 0 aliphatic rings. The van der Waals surface area contributed by atoms with Crippen molar-refractivity contribution in [3.63, 3.8) is 0 Å². The van der Waals surface area contributed by atoms with Gasteiger partial charge in [-0.15, -0.1) is 0 Å². The van der Waals surface area contributed by atoms with Gasteiger partial charge in [-0.25, -0.2) is 0 Å². The van der Waals surface area contributed by atoms with E-state index in [-0.39, 0.29) is 29.9 Å². The van der Waals surface area contributed by atoms with Crippen LogP contribution in [0.5, 0.6) is 11.5 Å². The van der Waals surface area contributed by atoms with Crippen LogP contribution >= 0.6 is 0 Å². The van der Waals surface area contributed by atoms with E-state index < -0.39 is 18.3 Å². The van der Waals surface area contributed by atoms with Crippen molar-refractivity contribution in [3.8, 4) is 17.6 Å². The third kappa shape index (κ3) is 4.10. The van der Waals surface area contributed by atoms with Gasteiger partial charge >= 0.3 is 12.6 Å². The number of carbonyl (C=O) groups is 1. The zero-order valence-electron chi connectivity index (χ0n) is 10.0. The third-order valence-corrected chi connectivity index (χ3v) is 2.16. The van der Waals surface area contributed by atoms with Crippen LogP contribution in [0.15, 0.2) is 12.1 Å². The number of phenolic OH excluding ortho intramolecular Hbond substituents is 1. The van der Waals surface area contributed by atoms with Crippen molar-refractivity contribution in [1.29, 1.82) is 5.26 Å². The molecule has 1 N–H and O–H groups in total. The Balaban J connectivity index is 3.05. The second-order valence-corrected chi connectivity index (χ2v) is 3.45. The predicted molar refractivity (Wildman–Crippen MR) is 59.8 cm³/mol. The maximum Gasteiger partial charge on any atom is 0.387 e. The Morgan fingerprint density at radius 3 is 2.74 bits per heavy atom. The van der Waals surface area contributed by atoms with Gasteiger partial charge < -0.3 is 14.6 Å². The number of carbonyl (C=O) groups excluding carboxylic acids is 1. The fraction of sp³-hybridized carbons (Fsp3) is 0.333. The van der Waals surface area contributed by atoms with E-state index in [1.807, 2.05) is 0 Å². The number of aromatic hydroxyl groups is 1. The van der Waals surface area contributed by atoms with E-state index in [4.69, 9.17) is 5.26 Å². The van der Waals surface area contributed by atoms with Crippen molar-refractivity contribution in [3.05, 3.63) is 23.3 Å². The number of alkyl halides is 2. The molecule has 1 aromatic rings. The molecule has 0 saturated carbocycles. The molecule has 0 saturated heterocycles. The lowest BCUT2D eigenvalue weighted by Gasteiger charge is -2.10. The average molecular weight is 271 g/mol. The van der Waals surface area contributed by atoms with Crippen LogP contribution in [0.4, 0.5) is 8.78 Å². The molecule has 0 aliphatic carbocycles. The van der Waals surface area contributed by atoms with Crippen LogP contribution < -0.4 is 4.74 Å². The molecule has 0 heterocycles. The smallest absolute Gasteiger partial charge is 0.387 e. The second-order valence-electron chi connectivity index (χ2n) is 3.45. The molecular weight excluding hydrogens is 260 g/mol. The van der Waals surface area contributed by atoms with E-state index >= 15 is 0 Å². The number of hydrogen-bond acceptors (Lipinski definition) is 5. The number of nitriles is 1. The molecule has 0 spiro atoms. The fourth-order valence-electron chi connectivity index (χ4n) is 1.40. The topological polar surface area (TPSA) is 79.5 Å². The van der Waals surface area contributed by atoms with Gasteiger partial charge in [-0.1, -0.05) is 0 Å². The maximum absolute atomic E-state index is 12.2. The quantitative estimate of drug-likeness (QED) is 0.828. The van der Waals surface area contributed by atoms with Crippen molar-refractivity contribution in [2.45, 2.75) is 20.0 Å². The van der Waals surface area contributed by atoms with Crippen LogP contribution in [0, 0.1) is 11.3 Å². The summed E-state index contributed by atoms with van der Waals surface area (Å²) in [6.45, 7) is -1.33. The zero-order chi connectivity index (χ0) is 14.4. The van der Waals surface area contributed by atoms with Gasteiger partial charge in [0.05, 0.1) is 18.6 Å². The van der Waals surface area contributed by atoms with E-state index in [2.05, 4.69) is 9.47 Å². The highest BCUT2D eigenvalue weighted by atomic mass is 19.3. The SMILES string of the molecule is CCOC(=O)Cc1cc(OC(F)F)c(C#N)cc1O. The number of phenols is 1. The number of halogens is 2. The highest BCUT2D eigenvalue weighted by Crippen LogP contribution is 2.29. The standard InChI is InChI=1S/C12H11F2NO4/c1-2-18-11(17)5-7-4-10(19-12(13)14)8(6-15)3-9(7)16/h3-4,12,16H,2,5H2,1H3. The Kier molecular flexibility index (Phi) is 5.06. The first kappa shape index (κ1) is 14.7. The zero-order valence-corrected chi connectivity index (χ0v) is 10.0. The molecule has 102 valence electrons. The number of nitrogens with zero attached hydrogens (tertiary/aromatic N) is 1. The van der Waals surface area contributed by atoms with Crippen LogP contribution in [0.2, 0.25) is 0 Å². The number of rotatable bonds is 5. The minimum absolute atomic E-state index is 0.0492. The van der Waals surface area contributed by atoms with Crippen LogP contribution in [-0.4, -0.2) is 24.3 Å². The summed E-state index contributed by atoms with van der Waals surface area (Å²) in [6.07, 6.45) is -0.301. The molecule has 5 nitrogen and oxygen atoms in total. The minimum Gasteiger partial charge on any atom is -0.508 e. The van der Waals surface area contributed by atoms with E-state index in [0.717, 1.165) is 12.1 Å². The molecule has 0 unspecified atom stereocenters. The Bertz CT molecular complexity index is 511. The van der Waals surface area contributed by atoms with Crippen LogP contribution in [-0.2, 0) is 16.0 Å². The average Bonchev–Trinajstić information content (AvgIpc) is 2.32. The fourth-order valence-corrected chi connectivity index (χ4v) is 1.40. The normalized spacial score (nSPS) is 10.1. The van der Waals surface area contributed by atoms with Crippen molar-refractivity contribution < 1.29 is 28.2 Å². The van der Waals surface area contributed by atoms with Gasteiger partial charge in [-0.3, -0.25) is 4.79 Å². The van der Waals surface area contributed by atoms with E-state index in [1.54, 1.807) is 13.0 Å². The Hall–Kier alpha value is -2.36. The van der Waals surface area contributed by atoms with Crippen molar-refractivity contribution in [2.75, 3.05) is 6.61 Å². The molecule has 0 bridgehead atoms. The molecule has 0 amide bonds. The molecule has 0 fully saturated rings. The number of ether oxygens (including phenoxy) is 2. The Morgan fingerprint density at radius 1 is 1.53 bits per heavy atom. The number of benzene rings is 1. The van der Waals surface area contributed by atoms with Crippen LogP contribution in [0.3, 0.4) is 0 Å². The number of hydrogen-bond donors (Lipinski definition) is 1. The molecule has 19 heavy (non-hydrogen) atoms. The van der Waals surface area contributed by atoms with Crippen molar-refractivity contribution >= 4 is 5.97 Å². The first-order chi connectivity index (χ1) is 8.97. The molecule has 0 atom stereocenters. The third-order valence-electron chi connectivity index (χ3n) is 2.16. The van der Waals surface area contributed by atoms with Gasteiger partial charge in [0.15, 0.2) is 0 Å². The molecule has 0 aromatic heterocycles. The highest BCUT2D eigenvalue weighted by molar-refractivity contribution is 5.74. The summed E-state index contributed by atoms with van der Waals surface area (Å²) in [5.41, 5.74) is -0.196. The largest absolute Gasteiger partial charge is 0.508 e. The Labute approximate surface area is 108 Å². The van der Waals surface area contributed by atoms with Crippen LogP contribution in [0.25, 0.3) is 0 Å². The lowest BCUT2D eigenvalue weighted by atomic mass is 10.1. The van der Waals surface area contributed by atoms with E-state index in [9.17, 15) is 18.7 Å². The first-order valence-corrected chi connectivity index (χ1v) is 5.34. The summed E-state index contributed by atoms with van der Waals surface area (Å²) in [5, 5.41) is 18.3. The minimum atomic E-state index is -3.10. The molecule has 1 rings (SSSR count). The summed E-state index contributed by atoms with van der Waals surface area (Å²) in [4.78, 5) is 11.3. The molecule has 1 aromatic carbocycles. The van der Waals surface area contributed by atoms with E-state index in [1.165, 1.54) is 0 Å². The van der Waals surface area contributed by atoms with Gasteiger partial charge in [0.1, 0.15) is 17.6 Å².